The van der Waals surface area contributed by atoms with Gasteiger partial charge < -0.3 is 5.73 Å². The van der Waals surface area contributed by atoms with Gasteiger partial charge in [-0.05, 0) is 41.5 Å². The molecule has 0 spiro atoms. The second kappa shape index (κ2) is 10.7. The molecule has 0 fully saturated rings. The third kappa shape index (κ3) is 4.63. The van der Waals surface area contributed by atoms with E-state index in [0.29, 0.717) is 5.56 Å². The Bertz CT molecular complexity index is 2220. The molecule has 2 N–H and O–H groups in total. The van der Waals surface area contributed by atoms with E-state index in [-0.39, 0.29) is 34.6 Å². The van der Waals surface area contributed by atoms with Gasteiger partial charge in [-0.3, -0.25) is 9.36 Å². The molecule has 1 atom stereocenters. The topological polar surface area (TPSA) is 116 Å². The summed E-state index contributed by atoms with van der Waals surface area (Å²) in [6.07, 6.45) is 1.64. The minimum atomic E-state index is -4.39. The van der Waals surface area contributed by atoms with Gasteiger partial charge in [0.05, 0.1) is 25.1 Å². The number of aromatic nitrogens is 1. The first-order chi connectivity index (χ1) is 20.2. The molecule has 6 rings (SSSR count). The zero-order valence-corrected chi connectivity index (χ0v) is 24.4. The lowest BCUT2D eigenvalue weighted by molar-refractivity contribution is 0.598. The van der Waals surface area contributed by atoms with Gasteiger partial charge in [0.2, 0.25) is 19.7 Å². The van der Waals surface area contributed by atoms with Crippen molar-refractivity contribution in [3.63, 3.8) is 0 Å². The minimum absolute atomic E-state index is 0.0288. The van der Waals surface area contributed by atoms with Crippen LogP contribution in [0.4, 0.5) is 0 Å². The van der Waals surface area contributed by atoms with Gasteiger partial charge in [0.1, 0.15) is 15.4 Å². The summed E-state index contributed by atoms with van der Waals surface area (Å²) in [7, 11) is -8.74. The number of nitrogens with two attached hydrogens (primary N) is 1. The van der Waals surface area contributed by atoms with Crippen LogP contribution < -0.4 is 20.5 Å². The van der Waals surface area contributed by atoms with Crippen LogP contribution in [0, 0.1) is 0 Å². The van der Waals surface area contributed by atoms with Crippen LogP contribution in [0.25, 0.3) is 16.8 Å². The molecule has 5 aromatic rings. The first-order valence-electron chi connectivity index (χ1n) is 12.9. The van der Waals surface area contributed by atoms with Crippen molar-refractivity contribution < 1.29 is 16.8 Å². The molecule has 0 aliphatic carbocycles. The Balaban J connectivity index is 1.81. The molecule has 210 valence electrons. The number of hydrogen-bond acceptors (Lipinski definition) is 7. The van der Waals surface area contributed by atoms with E-state index in [9.17, 15) is 21.6 Å². The lowest BCUT2D eigenvalue weighted by atomic mass is 9.97. The largest absolute Gasteiger partial charge is 0.384 e. The van der Waals surface area contributed by atoms with Crippen LogP contribution >= 0.6 is 11.3 Å². The number of hydrogen-bond donors (Lipinski definition) is 1. The van der Waals surface area contributed by atoms with Crippen molar-refractivity contribution in [1.82, 2.24) is 4.57 Å². The molecule has 0 bridgehead atoms. The number of fused-ring (bicyclic) bond motifs is 1. The molecule has 0 saturated heterocycles. The number of rotatable bonds is 6. The third-order valence-corrected chi connectivity index (χ3v) is 12.0. The Kier molecular flexibility index (Phi) is 7.05. The molecule has 1 aliphatic heterocycles. The van der Waals surface area contributed by atoms with Gasteiger partial charge in [-0.1, -0.05) is 97.1 Å². The first kappa shape index (κ1) is 27.6. The normalized spacial score (nSPS) is 16.0. The number of nitrogens with zero attached hydrogens (tertiary/aromatic N) is 1. The summed E-state index contributed by atoms with van der Waals surface area (Å²) >= 11 is 0.967. The summed E-state index contributed by atoms with van der Waals surface area (Å²) in [5.41, 5.74) is 7.16. The van der Waals surface area contributed by atoms with Crippen molar-refractivity contribution in [3.8, 4) is 0 Å². The third-order valence-electron chi connectivity index (χ3n) is 6.97. The summed E-state index contributed by atoms with van der Waals surface area (Å²) in [5.74, 6) is -1.65. The van der Waals surface area contributed by atoms with E-state index in [4.69, 9.17) is 5.73 Å². The Morgan fingerprint density at radius 2 is 1.10 bits per heavy atom. The van der Waals surface area contributed by atoms with Crippen LogP contribution in [-0.2, 0) is 19.7 Å². The van der Waals surface area contributed by atoms with Crippen LogP contribution in [-0.4, -0.2) is 21.4 Å². The molecule has 42 heavy (non-hydrogen) atoms. The van der Waals surface area contributed by atoms with Crippen molar-refractivity contribution in [3.05, 3.63) is 157 Å². The maximum atomic E-state index is 14.5. The Morgan fingerprint density at radius 3 is 1.62 bits per heavy atom. The van der Waals surface area contributed by atoms with Gasteiger partial charge in [0, 0.05) is 0 Å². The zero-order valence-electron chi connectivity index (χ0n) is 22.0. The van der Waals surface area contributed by atoms with E-state index in [1.165, 1.54) is 24.3 Å². The average Bonchev–Trinajstić information content (AvgIpc) is 3.33. The van der Waals surface area contributed by atoms with Crippen molar-refractivity contribution in [2.45, 2.75) is 15.7 Å². The van der Waals surface area contributed by atoms with E-state index in [1.54, 1.807) is 72.8 Å². The van der Waals surface area contributed by atoms with Crippen molar-refractivity contribution in [1.29, 1.82) is 0 Å². The highest BCUT2D eigenvalue weighted by Gasteiger charge is 2.44. The first-order valence-corrected chi connectivity index (χ1v) is 16.7. The molecular weight excluding hydrogens is 589 g/mol. The van der Waals surface area contributed by atoms with Gasteiger partial charge in [-0.15, -0.1) is 11.3 Å². The summed E-state index contributed by atoms with van der Waals surface area (Å²) in [6, 6.07) is 33.0. The second-order valence-corrected chi connectivity index (χ2v) is 14.4. The number of allylic oxidation sites excluding steroid dienone is 1. The van der Waals surface area contributed by atoms with Crippen molar-refractivity contribution >= 4 is 47.8 Å². The summed E-state index contributed by atoms with van der Waals surface area (Å²) < 4.78 is 59.0. The monoisotopic (exact) mass is 612 g/mol. The van der Waals surface area contributed by atoms with Crippen LogP contribution in [0.3, 0.4) is 0 Å². The van der Waals surface area contributed by atoms with Gasteiger partial charge in [-0.25, -0.2) is 16.8 Å². The van der Waals surface area contributed by atoms with Crippen LogP contribution in [0.2, 0.25) is 0 Å². The Labute approximate surface area is 246 Å². The lowest BCUT2D eigenvalue weighted by Gasteiger charge is -2.28. The molecule has 0 amide bonds. The standard InChI is InChI=1S/C32H24N2O5S3/c33-30-28(41(36,37)24-17-9-3-10-18-24)27(23-15-7-2-8-16-23)29(42(38,39)25-19-11-4-12-20-25)32-34(30)31(35)26(40-32)21-22-13-5-1-6-14-22/h1-21,27H,33H2/t27-/m1/s1. The summed E-state index contributed by atoms with van der Waals surface area (Å²) in [6.45, 7) is 0. The van der Waals surface area contributed by atoms with Crippen molar-refractivity contribution in [2.24, 2.45) is 5.73 Å². The highest BCUT2D eigenvalue weighted by molar-refractivity contribution is 8.00. The van der Waals surface area contributed by atoms with Gasteiger partial charge in [0.25, 0.3) is 5.56 Å². The van der Waals surface area contributed by atoms with E-state index in [0.717, 1.165) is 21.5 Å². The Hall–Kier alpha value is -4.51. The smallest absolute Gasteiger partial charge is 0.274 e. The lowest BCUT2D eigenvalue weighted by Crippen LogP contribution is -2.41. The molecule has 7 nitrogen and oxygen atoms in total. The molecule has 1 aromatic heterocycles. The second-order valence-electron chi connectivity index (χ2n) is 9.56. The van der Waals surface area contributed by atoms with Gasteiger partial charge >= 0.3 is 0 Å². The quantitative estimate of drug-likeness (QED) is 0.313. The fraction of sp³-hybridized carbons (Fsp3) is 0.0312. The molecule has 1 aliphatic rings. The highest BCUT2D eigenvalue weighted by Crippen LogP contribution is 2.45. The van der Waals surface area contributed by atoms with Gasteiger partial charge in [0.15, 0.2) is 0 Å². The maximum absolute atomic E-state index is 14.5. The van der Waals surface area contributed by atoms with Gasteiger partial charge in [-0.2, -0.15) is 0 Å². The number of benzene rings is 4. The fourth-order valence-corrected chi connectivity index (χ4v) is 9.99. The minimum Gasteiger partial charge on any atom is -0.384 e. The molecular formula is C32H24N2O5S3. The summed E-state index contributed by atoms with van der Waals surface area (Å²) in [5, 5.41) is 0. The molecule has 10 heteroatoms. The molecule has 0 saturated carbocycles. The molecule has 2 heterocycles. The molecule has 0 unspecified atom stereocenters. The summed E-state index contributed by atoms with van der Waals surface area (Å²) in [4.78, 5) is 13.2. The van der Waals surface area contributed by atoms with Crippen molar-refractivity contribution in [2.75, 3.05) is 0 Å². The molecule has 0 radical (unpaired) electrons. The zero-order chi connectivity index (χ0) is 29.5. The predicted molar refractivity (Wildman–Crippen MR) is 165 cm³/mol. The Morgan fingerprint density at radius 1 is 0.643 bits per heavy atom. The fourth-order valence-electron chi connectivity index (χ4n) is 5.03. The van der Waals surface area contributed by atoms with Crippen LogP contribution in [0.15, 0.2) is 141 Å². The molecule has 4 aromatic carbocycles. The van der Waals surface area contributed by atoms with Crippen LogP contribution in [0.5, 0.6) is 0 Å². The average molecular weight is 613 g/mol. The van der Waals surface area contributed by atoms with Crippen LogP contribution in [0.1, 0.15) is 17.0 Å². The SMILES string of the molecule is NC1=C(S(=O)(=O)c2ccccc2)[C@@H](c2ccccc2)C(S(=O)(=O)c2ccccc2)=c2sc(=Cc3ccccc3)c(=O)n21. The van der Waals surface area contributed by atoms with E-state index in [1.807, 2.05) is 30.3 Å². The highest BCUT2D eigenvalue weighted by atomic mass is 32.2. The maximum Gasteiger partial charge on any atom is 0.274 e. The van der Waals surface area contributed by atoms with E-state index in [2.05, 4.69) is 0 Å². The van der Waals surface area contributed by atoms with E-state index < -0.39 is 31.2 Å². The number of thiazole rings is 1. The predicted octanol–water partition coefficient (Wildman–Crippen LogP) is 3.68. The number of sulfone groups is 2. The van der Waals surface area contributed by atoms with E-state index >= 15 is 0 Å².